The molecule has 0 N–H and O–H groups in total. The highest BCUT2D eigenvalue weighted by Gasteiger charge is 2.02. The van der Waals surface area contributed by atoms with Gasteiger partial charge in [-0.2, -0.15) is 0 Å². The Morgan fingerprint density at radius 1 is 1.22 bits per heavy atom. The van der Waals surface area contributed by atoms with Gasteiger partial charge in [-0.15, -0.1) is 0 Å². The van der Waals surface area contributed by atoms with Crippen LogP contribution in [0.5, 0.6) is 5.75 Å². The fraction of sp³-hybridized carbons (Fsp3) is 0.0714. The van der Waals surface area contributed by atoms with Gasteiger partial charge in [0.1, 0.15) is 11.6 Å². The molecule has 18 heavy (non-hydrogen) atoms. The summed E-state index contributed by atoms with van der Waals surface area (Å²) in [4.78, 5) is 4.12. The zero-order valence-corrected chi connectivity index (χ0v) is 11.3. The number of para-hydroxylation sites is 1. The van der Waals surface area contributed by atoms with Crippen LogP contribution in [-0.2, 0) is 0 Å². The van der Waals surface area contributed by atoms with E-state index in [1.807, 2.05) is 18.2 Å². The van der Waals surface area contributed by atoms with Gasteiger partial charge in [0.05, 0.1) is 12.8 Å². The number of methoxy groups -OCH3 is 1. The zero-order chi connectivity index (χ0) is 13.0. The molecule has 0 spiro atoms. The second-order valence-corrected chi connectivity index (χ2v) is 4.51. The van der Waals surface area contributed by atoms with Crippen LogP contribution in [0.1, 0.15) is 5.56 Å². The maximum atomic E-state index is 13.4. The lowest BCUT2D eigenvalue weighted by atomic mass is 10.2. The summed E-state index contributed by atoms with van der Waals surface area (Å²) in [6.07, 6.45) is 1.59. The van der Waals surface area contributed by atoms with E-state index in [2.05, 4.69) is 20.9 Å². The molecule has 0 aliphatic heterocycles. The first kappa shape index (κ1) is 12.8. The monoisotopic (exact) mass is 307 g/mol. The van der Waals surface area contributed by atoms with Crippen LogP contribution < -0.4 is 4.74 Å². The van der Waals surface area contributed by atoms with Crippen LogP contribution in [0.3, 0.4) is 0 Å². The van der Waals surface area contributed by atoms with Crippen molar-refractivity contribution in [3.8, 4) is 5.75 Å². The van der Waals surface area contributed by atoms with E-state index in [4.69, 9.17) is 4.74 Å². The van der Waals surface area contributed by atoms with Crippen LogP contribution in [0, 0.1) is 5.82 Å². The molecule has 0 aliphatic rings. The van der Waals surface area contributed by atoms with Gasteiger partial charge in [-0.1, -0.05) is 28.1 Å². The van der Waals surface area contributed by atoms with Crippen molar-refractivity contribution >= 4 is 27.8 Å². The molecule has 0 atom stereocenters. The quantitative estimate of drug-likeness (QED) is 0.773. The summed E-state index contributed by atoms with van der Waals surface area (Å²) in [7, 11) is 1.59. The third kappa shape index (κ3) is 2.96. The molecule has 2 nitrogen and oxygen atoms in total. The minimum atomic E-state index is -0.345. The average Bonchev–Trinajstić information content (AvgIpc) is 2.38. The molecule has 0 saturated heterocycles. The van der Waals surface area contributed by atoms with Gasteiger partial charge in [0.25, 0.3) is 0 Å². The standard InChI is InChI=1S/C14H11BrFNO/c1-18-14-7-6-11(15)8-10(14)9-17-13-5-3-2-4-12(13)16/h2-9H,1H3. The number of hydrogen-bond donors (Lipinski definition) is 0. The van der Waals surface area contributed by atoms with Gasteiger partial charge in [0.2, 0.25) is 0 Å². The van der Waals surface area contributed by atoms with Crippen LogP contribution >= 0.6 is 15.9 Å². The molecule has 0 bridgehead atoms. The van der Waals surface area contributed by atoms with Gasteiger partial charge < -0.3 is 4.74 Å². The van der Waals surface area contributed by atoms with Crippen molar-refractivity contribution in [2.24, 2.45) is 4.99 Å². The molecule has 2 rings (SSSR count). The van der Waals surface area contributed by atoms with Gasteiger partial charge in [0.15, 0.2) is 0 Å². The maximum Gasteiger partial charge on any atom is 0.148 e. The zero-order valence-electron chi connectivity index (χ0n) is 9.73. The van der Waals surface area contributed by atoms with Crippen LogP contribution in [0.25, 0.3) is 0 Å². The first-order valence-corrected chi connectivity index (χ1v) is 6.12. The molecule has 0 aromatic heterocycles. The predicted octanol–water partition coefficient (Wildman–Crippen LogP) is 4.35. The molecule has 2 aromatic carbocycles. The number of benzene rings is 2. The Morgan fingerprint density at radius 2 is 2.00 bits per heavy atom. The molecule has 0 amide bonds. The minimum absolute atomic E-state index is 0.305. The Hall–Kier alpha value is -1.68. The molecule has 92 valence electrons. The van der Waals surface area contributed by atoms with Gasteiger partial charge in [-0.3, -0.25) is 4.99 Å². The Balaban J connectivity index is 2.34. The largest absolute Gasteiger partial charge is 0.496 e. The van der Waals surface area contributed by atoms with E-state index in [0.717, 1.165) is 10.0 Å². The lowest BCUT2D eigenvalue weighted by molar-refractivity contribution is 0.414. The lowest BCUT2D eigenvalue weighted by Gasteiger charge is -2.04. The lowest BCUT2D eigenvalue weighted by Crippen LogP contribution is -1.90. The summed E-state index contributed by atoms with van der Waals surface area (Å²) in [5.41, 5.74) is 1.09. The summed E-state index contributed by atoms with van der Waals surface area (Å²) >= 11 is 3.37. The molecule has 0 heterocycles. The molecular weight excluding hydrogens is 297 g/mol. The molecule has 0 radical (unpaired) electrons. The van der Waals surface area contributed by atoms with E-state index in [-0.39, 0.29) is 5.82 Å². The fourth-order valence-electron chi connectivity index (χ4n) is 1.50. The first-order chi connectivity index (χ1) is 8.70. The smallest absolute Gasteiger partial charge is 0.148 e. The fourth-order valence-corrected chi connectivity index (χ4v) is 1.88. The number of rotatable bonds is 3. The van der Waals surface area contributed by atoms with Gasteiger partial charge >= 0.3 is 0 Å². The molecule has 2 aromatic rings. The van der Waals surface area contributed by atoms with Gasteiger partial charge in [-0.05, 0) is 30.3 Å². The highest BCUT2D eigenvalue weighted by Crippen LogP contribution is 2.23. The third-order valence-corrected chi connectivity index (χ3v) is 2.88. The first-order valence-electron chi connectivity index (χ1n) is 5.33. The number of hydrogen-bond acceptors (Lipinski definition) is 2. The van der Waals surface area contributed by atoms with Crippen LogP contribution in [0.2, 0.25) is 0 Å². The van der Waals surface area contributed by atoms with Crippen LogP contribution in [-0.4, -0.2) is 13.3 Å². The van der Waals surface area contributed by atoms with Crippen molar-refractivity contribution in [3.05, 3.63) is 58.3 Å². The topological polar surface area (TPSA) is 21.6 Å². The number of ether oxygens (including phenoxy) is 1. The average molecular weight is 308 g/mol. The van der Waals surface area contributed by atoms with Crippen molar-refractivity contribution in [3.63, 3.8) is 0 Å². The van der Waals surface area contributed by atoms with E-state index in [1.54, 1.807) is 31.5 Å². The third-order valence-electron chi connectivity index (χ3n) is 2.39. The van der Waals surface area contributed by atoms with Crippen molar-refractivity contribution in [1.82, 2.24) is 0 Å². The Kier molecular flexibility index (Phi) is 4.10. The maximum absolute atomic E-state index is 13.4. The van der Waals surface area contributed by atoms with Crippen molar-refractivity contribution < 1.29 is 9.13 Å². The summed E-state index contributed by atoms with van der Waals surface area (Å²) in [5.74, 6) is 0.348. The number of halogens is 2. The number of aliphatic imine (C=N–C) groups is 1. The van der Waals surface area contributed by atoms with E-state index in [1.165, 1.54) is 6.07 Å². The molecule has 0 fully saturated rings. The van der Waals surface area contributed by atoms with Crippen LogP contribution in [0.4, 0.5) is 10.1 Å². The van der Waals surface area contributed by atoms with Crippen molar-refractivity contribution in [2.75, 3.05) is 7.11 Å². The SMILES string of the molecule is COc1ccc(Br)cc1C=Nc1ccccc1F. The molecular formula is C14H11BrFNO. The second kappa shape index (κ2) is 5.78. The summed E-state index contributed by atoms with van der Waals surface area (Å²) < 4.78 is 19.5. The van der Waals surface area contributed by atoms with Crippen molar-refractivity contribution in [1.29, 1.82) is 0 Å². The Bertz CT molecular complexity index is 584. The van der Waals surface area contributed by atoms with Gasteiger partial charge in [-0.25, -0.2) is 4.39 Å². The second-order valence-electron chi connectivity index (χ2n) is 3.60. The molecule has 0 saturated carbocycles. The van der Waals surface area contributed by atoms with E-state index < -0.39 is 0 Å². The summed E-state index contributed by atoms with van der Waals surface area (Å²) in [6, 6.07) is 11.9. The Labute approximate surface area is 113 Å². The van der Waals surface area contributed by atoms with E-state index in [0.29, 0.717) is 11.4 Å². The highest BCUT2D eigenvalue weighted by molar-refractivity contribution is 9.10. The van der Waals surface area contributed by atoms with Crippen LogP contribution in [0.15, 0.2) is 51.9 Å². The highest BCUT2D eigenvalue weighted by atomic mass is 79.9. The predicted molar refractivity (Wildman–Crippen MR) is 74.3 cm³/mol. The molecule has 0 aliphatic carbocycles. The molecule has 4 heteroatoms. The number of nitrogens with zero attached hydrogens (tertiary/aromatic N) is 1. The molecule has 0 unspecified atom stereocenters. The summed E-state index contributed by atoms with van der Waals surface area (Å²) in [6.45, 7) is 0. The van der Waals surface area contributed by atoms with Crippen molar-refractivity contribution in [2.45, 2.75) is 0 Å². The normalized spacial score (nSPS) is 10.8. The minimum Gasteiger partial charge on any atom is -0.496 e. The van der Waals surface area contributed by atoms with E-state index in [9.17, 15) is 4.39 Å². The Morgan fingerprint density at radius 3 is 2.72 bits per heavy atom. The van der Waals surface area contributed by atoms with E-state index >= 15 is 0 Å². The van der Waals surface area contributed by atoms with Gasteiger partial charge in [0, 0.05) is 16.3 Å². The summed E-state index contributed by atoms with van der Waals surface area (Å²) in [5, 5.41) is 0.